The molecule has 3 fully saturated rings. The molecule has 0 unspecified atom stereocenters. The SMILES string of the molecule is Cn1c(=O)c(CN(C(=O)C2CCCCC2)[C@@H]2CCN(CC3CCC3)C2)cc2ccccc21. The highest BCUT2D eigenvalue weighted by Gasteiger charge is 2.36. The molecule has 2 aliphatic carbocycles. The van der Waals surface area contributed by atoms with Crippen LogP contribution in [0.15, 0.2) is 35.1 Å². The van der Waals surface area contributed by atoms with E-state index in [9.17, 15) is 9.59 Å². The van der Waals surface area contributed by atoms with Gasteiger partial charge in [0.2, 0.25) is 5.91 Å². The minimum Gasteiger partial charge on any atom is -0.334 e. The van der Waals surface area contributed by atoms with Crippen LogP contribution >= 0.6 is 0 Å². The smallest absolute Gasteiger partial charge is 0.255 e. The lowest BCUT2D eigenvalue weighted by atomic mass is 9.85. The van der Waals surface area contributed by atoms with Crippen molar-refractivity contribution in [3.63, 3.8) is 0 Å². The van der Waals surface area contributed by atoms with E-state index in [4.69, 9.17) is 0 Å². The van der Waals surface area contributed by atoms with Crippen LogP contribution < -0.4 is 5.56 Å². The quantitative estimate of drug-likeness (QED) is 0.679. The Morgan fingerprint density at radius 1 is 1.03 bits per heavy atom. The van der Waals surface area contributed by atoms with Gasteiger partial charge in [0.25, 0.3) is 5.56 Å². The molecule has 172 valence electrons. The maximum Gasteiger partial charge on any atom is 0.255 e. The van der Waals surface area contributed by atoms with Crippen molar-refractivity contribution >= 4 is 16.8 Å². The molecule has 1 amide bonds. The van der Waals surface area contributed by atoms with Gasteiger partial charge in [0.05, 0.1) is 12.1 Å². The molecule has 1 saturated heterocycles. The highest BCUT2D eigenvalue weighted by molar-refractivity contribution is 5.81. The Balaban J connectivity index is 1.41. The number of aromatic nitrogens is 1. The van der Waals surface area contributed by atoms with Gasteiger partial charge in [-0.1, -0.05) is 43.9 Å². The average molecular weight is 436 g/mol. The van der Waals surface area contributed by atoms with Crippen LogP contribution in [-0.2, 0) is 18.4 Å². The lowest BCUT2D eigenvalue weighted by Gasteiger charge is -2.35. The summed E-state index contributed by atoms with van der Waals surface area (Å²) in [6.45, 7) is 3.66. The number of nitrogens with zero attached hydrogens (tertiary/aromatic N) is 3. The molecule has 1 aromatic carbocycles. The molecule has 0 spiro atoms. The number of rotatable bonds is 6. The van der Waals surface area contributed by atoms with Gasteiger partial charge in [-0.15, -0.1) is 0 Å². The molecule has 3 aliphatic rings. The zero-order valence-corrected chi connectivity index (χ0v) is 19.5. The van der Waals surface area contributed by atoms with Crippen molar-refractivity contribution in [3.8, 4) is 0 Å². The van der Waals surface area contributed by atoms with Crippen molar-refractivity contribution in [3.05, 3.63) is 46.2 Å². The number of carbonyl (C=O) groups is 1. The summed E-state index contributed by atoms with van der Waals surface area (Å²) in [6, 6.07) is 10.3. The summed E-state index contributed by atoms with van der Waals surface area (Å²) in [5.41, 5.74) is 1.71. The first kappa shape index (κ1) is 21.7. The second-order valence-electron chi connectivity index (χ2n) is 10.4. The summed E-state index contributed by atoms with van der Waals surface area (Å²) in [5, 5.41) is 1.06. The van der Waals surface area contributed by atoms with E-state index < -0.39 is 0 Å². The van der Waals surface area contributed by atoms with E-state index in [1.54, 1.807) is 4.57 Å². The van der Waals surface area contributed by atoms with E-state index in [1.807, 2.05) is 31.3 Å². The molecule has 0 N–H and O–H groups in total. The number of carbonyl (C=O) groups excluding carboxylic acids is 1. The van der Waals surface area contributed by atoms with Crippen molar-refractivity contribution in [2.45, 2.75) is 70.4 Å². The Morgan fingerprint density at radius 2 is 1.81 bits per heavy atom. The van der Waals surface area contributed by atoms with E-state index in [-0.39, 0.29) is 23.4 Å². The van der Waals surface area contributed by atoms with E-state index in [0.29, 0.717) is 6.54 Å². The van der Waals surface area contributed by atoms with E-state index >= 15 is 0 Å². The summed E-state index contributed by atoms with van der Waals surface area (Å²) in [6.07, 6.45) is 10.7. The molecule has 5 heteroatoms. The topological polar surface area (TPSA) is 45.6 Å². The van der Waals surface area contributed by atoms with Crippen LogP contribution in [0, 0.1) is 11.8 Å². The van der Waals surface area contributed by atoms with Gasteiger partial charge >= 0.3 is 0 Å². The van der Waals surface area contributed by atoms with Crippen molar-refractivity contribution < 1.29 is 4.79 Å². The maximum atomic E-state index is 13.7. The molecule has 0 bridgehead atoms. The second kappa shape index (κ2) is 9.38. The highest BCUT2D eigenvalue weighted by Crippen LogP contribution is 2.31. The standard InChI is InChI=1S/C27H37N3O2/c1-28-25-13-6-5-12-22(25)16-23(26(28)31)18-30(27(32)21-10-3-2-4-11-21)24-14-15-29(19-24)17-20-8-7-9-20/h5-6,12-13,16,20-21,24H,2-4,7-11,14-15,17-19H2,1H3/t24-/m1/s1. The van der Waals surface area contributed by atoms with Gasteiger partial charge in [-0.05, 0) is 55.5 Å². The molecular formula is C27H37N3O2. The van der Waals surface area contributed by atoms with Gasteiger partial charge in [-0.25, -0.2) is 0 Å². The number of benzene rings is 1. The summed E-state index contributed by atoms with van der Waals surface area (Å²) >= 11 is 0. The number of pyridine rings is 1. The molecule has 5 nitrogen and oxygen atoms in total. The Hall–Kier alpha value is -2.14. The third-order valence-electron chi connectivity index (χ3n) is 8.21. The third-order valence-corrected chi connectivity index (χ3v) is 8.21. The minimum absolute atomic E-state index is 0.0227. The van der Waals surface area contributed by atoms with Gasteiger partial charge in [0.15, 0.2) is 0 Å². The van der Waals surface area contributed by atoms with Crippen molar-refractivity contribution in [2.24, 2.45) is 18.9 Å². The van der Waals surface area contributed by atoms with E-state index in [2.05, 4.69) is 15.9 Å². The van der Waals surface area contributed by atoms with Gasteiger partial charge in [0.1, 0.15) is 0 Å². The van der Waals surface area contributed by atoms with Crippen LogP contribution in [0.1, 0.15) is 63.4 Å². The van der Waals surface area contributed by atoms with Crippen LogP contribution in [0.3, 0.4) is 0 Å². The first-order valence-electron chi connectivity index (χ1n) is 12.7. The molecule has 5 rings (SSSR count). The molecular weight excluding hydrogens is 398 g/mol. The van der Waals surface area contributed by atoms with Crippen LogP contribution in [0.5, 0.6) is 0 Å². The maximum absolute atomic E-state index is 13.7. The number of aryl methyl sites for hydroxylation is 1. The Bertz CT molecular complexity index is 1020. The van der Waals surface area contributed by atoms with Crippen molar-refractivity contribution in [1.29, 1.82) is 0 Å². The fourth-order valence-corrected chi connectivity index (χ4v) is 6.03. The number of hydrogen-bond donors (Lipinski definition) is 0. The van der Waals surface area contributed by atoms with Crippen LogP contribution in [0.2, 0.25) is 0 Å². The van der Waals surface area contributed by atoms with Gasteiger partial charge in [-0.2, -0.15) is 0 Å². The molecule has 1 aliphatic heterocycles. The lowest BCUT2D eigenvalue weighted by Crippen LogP contribution is -2.46. The lowest BCUT2D eigenvalue weighted by molar-refractivity contribution is -0.139. The monoisotopic (exact) mass is 435 g/mol. The highest BCUT2D eigenvalue weighted by atomic mass is 16.2. The van der Waals surface area contributed by atoms with Crippen molar-refractivity contribution in [2.75, 3.05) is 19.6 Å². The number of para-hydroxylation sites is 1. The predicted molar refractivity (Wildman–Crippen MR) is 129 cm³/mol. The Labute approximate surface area is 191 Å². The van der Waals surface area contributed by atoms with E-state index in [1.165, 1.54) is 32.2 Å². The van der Waals surface area contributed by atoms with Gasteiger partial charge in [0, 0.05) is 44.2 Å². The van der Waals surface area contributed by atoms with Crippen LogP contribution in [0.25, 0.3) is 10.9 Å². The number of fused-ring (bicyclic) bond motifs is 1. The Kier molecular flexibility index (Phi) is 6.36. The van der Waals surface area contributed by atoms with Crippen molar-refractivity contribution in [1.82, 2.24) is 14.4 Å². The van der Waals surface area contributed by atoms with Gasteiger partial charge in [-0.3, -0.25) is 9.59 Å². The average Bonchev–Trinajstić information content (AvgIpc) is 3.26. The summed E-state index contributed by atoms with van der Waals surface area (Å²) in [5.74, 6) is 1.27. The van der Waals surface area contributed by atoms with E-state index in [0.717, 1.165) is 67.6 Å². The number of hydrogen-bond acceptors (Lipinski definition) is 3. The van der Waals surface area contributed by atoms with Crippen LogP contribution in [-0.4, -0.2) is 46.0 Å². The molecule has 2 heterocycles. The fourth-order valence-electron chi connectivity index (χ4n) is 6.03. The first-order chi connectivity index (χ1) is 15.6. The second-order valence-corrected chi connectivity index (χ2v) is 10.4. The number of amides is 1. The molecule has 32 heavy (non-hydrogen) atoms. The summed E-state index contributed by atoms with van der Waals surface area (Å²) in [7, 11) is 1.84. The molecule has 2 saturated carbocycles. The normalized spacial score (nSPS) is 22.8. The van der Waals surface area contributed by atoms with Gasteiger partial charge < -0.3 is 14.4 Å². The zero-order chi connectivity index (χ0) is 22.1. The fraction of sp³-hybridized carbons (Fsp3) is 0.630. The largest absolute Gasteiger partial charge is 0.334 e. The summed E-state index contributed by atoms with van der Waals surface area (Å²) in [4.78, 5) is 31.6. The predicted octanol–water partition coefficient (Wildman–Crippen LogP) is 4.32. The molecule has 1 aromatic heterocycles. The number of likely N-dealkylation sites (tertiary alicyclic amines) is 1. The minimum atomic E-state index is 0.0227. The van der Waals surface area contributed by atoms with Crippen LogP contribution in [0.4, 0.5) is 0 Å². The summed E-state index contributed by atoms with van der Waals surface area (Å²) < 4.78 is 1.74. The molecule has 2 aromatic rings. The Morgan fingerprint density at radius 3 is 2.56 bits per heavy atom. The molecule has 1 atom stereocenters. The third kappa shape index (κ3) is 4.36. The zero-order valence-electron chi connectivity index (χ0n) is 19.5. The molecule has 0 radical (unpaired) electrons. The first-order valence-corrected chi connectivity index (χ1v) is 12.7.